The summed E-state index contributed by atoms with van der Waals surface area (Å²) < 4.78 is 0. The Morgan fingerprint density at radius 1 is 1.40 bits per heavy atom. The molecule has 0 radical (unpaired) electrons. The fourth-order valence-electron chi connectivity index (χ4n) is 0.990. The predicted octanol–water partition coefficient (Wildman–Crippen LogP) is 2.20. The van der Waals surface area contributed by atoms with Gasteiger partial charge in [-0.15, -0.1) is 11.6 Å². The van der Waals surface area contributed by atoms with E-state index in [1.54, 1.807) is 18.2 Å². The standard InChI is InChI=1S/C9H9Cl2N3S/c10-4-8(12)14-7-3-5(11)1-2-6(7)9(13)15/h1-3H,4H2,(H2,12,14)(H2,13,15). The van der Waals surface area contributed by atoms with E-state index in [1.165, 1.54) is 0 Å². The van der Waals surface area contributed by atoms with Gasteiger partial charge < -0.3 is 11.5 Å². The lowest BCUT2D eigenvalue weighted by atomic mass is 10.2. The van der Waals surface area contributed by atoms with Gasteiger partial charge in [0.1, 0.15) is 10.8 Å². The van der Waals surface area contributed by atoms with E-state index in [0.717, 1.165) is 0 Å². The number of nitrogens with zero attached hydrogens (tertiary/aromatic N) is 1. The van der Waals surface area contributed by atoms with Crippen molar-refractivity contribution in [3.63, 3.8) is 0 Å². The van der Waals surface area contributed by atoms with Gasteiger partial charge in [0.2, 0.25) is 0 Å². The third-order valence-corrected chi connectivity index (χ3v) is 2.36. The highest BCUT2D eigenvalue weighted by Gasteiger charge is 2.05. The predicted molar refractivity (Wildman–Crippen MR) is 69.3 cm³/mol. The maximum atomic E-state index is 5.82. The summed E-state index contributed by atoms with van der Waals surface area (Å²) in [4.78, 5) is 4.31. The molecule has 0 amide bonds. The maximum Gasteiger partial charge on any atom is 0.115 e. The van der Waals surface area contributed by atoms with Gasteiger partial charge in [0.05, 0.1) is 11.6 Å². The highest BCUT2D eigenvalue weighted by Crippen LogP contribution is 2.23. The first-order valence-electron chi connectivity index (χ1n) is 4.03. The summed E-state index contributed by atoms with van der Waals surface area (Å²) in [7, 11) is 0. The summed E-state index contributed by atoms with van der Waals surface area (Å²) in [5.41, 5.74) is 12.2. The third-order valence-electron chi connectivity index (χ3n) is 1.63. The van der Waals surface area contributed by atoms with Gasteiger partial charge in [-0.25, -0.2) is 4.99 Å². The second-order valence-electron chi connectivity index (χ2n) is 2.76. The van der Waals surface area contributed by atoms with E-state index in [0.29, 0.717) is 16.3 Å². The molecule has 4 N–H and O–H groups in total. The van der Waals surface area contributed by atoms with Gasteiger partial charge in [0.15, 0.2) is 0 Å². The number of nitrogens with two attached hydrogens (primary N) is 2. The molecule has 0 aliphatic heterocycles. The van der Waals surface area contributed by atoms with Crippen molar-refractivity contribution >= 4 is 51.9 Å². The number of rotatable bonds is 3. The fraction of sp³-hybridized carbons (Fsp3) is 0.111. The number of hydrogen-bond donors (Lipinski definition) is 2. The molecule has 6 heteroatoms. The molecule has 0 bridgehead atoms. The molecule has 80 valence electrons. The topological polar surface area (TPSA) is 64.4 Å². The van der Waals surface area contributed by atoms with E-state index in [2.05, 4.69) is 4.99 Å². The lowest BCUT2D eigenvalue weighted by molar-refractivity contribution is 1.43. The SMILES string of the molecule is NC(=S)c1ccc(Cl)cc1N=C(N)CCl. The third kappa shape index (κ3) is 3.34. The Labute approximate surface area is 103 Å². The highest BCUT2D eigenvalue weighted by molar-refractivity contribution is 7.80. The minimum absolute atomic E-state index is 0.142. The number of aliphatic imine (C=N–C) groups is 1. The molecule has 0 fully saturated rings. The van der Waals surface area contributed by atoms with Crippen LogP contribution in [0.1, 0.15) is 5.56 Å². The van der Waals surface area contributed by atoms with Gasteiger partial charge in [-0.1, -0.05) is 23.8 Å². The minimum Gasteiger partial charge on any atom is -0.389 e. The Morgan fingerprint density at radius 3 is 2.60 bits per heavy atom. The molecular formula is C9H9Cl2N3S. The number of thiocarbonyl (C=S) groups is 1. The Bertz CT molecular complexity index is 418. The van der Waals surface area contributed by atoms with Crippen LogP contribution in [0.25, 0.3) is 0 Å². The number of benzene rings is 1. The van der Waals surface area contributed by atoms with E-state index in [4.69, 9.17) is 46.9 Å². The van der Waals surface area contributed by atoms with Crippen molar-refractivity contribution < 1.29 is 0 Å². The van der Waals surface area contributed by atoms with Crippen LogP contribution >= 0.6 is 35.4 Å². The van der Waals surface area contributed by atoms with E-state index >= 15 is 0 Å². The van der Waals surface area contributed by atoms with Crippen LogP contribution in [-0.2, 0) is 0 Å². The molecule has 15 heavy (non-hydrogen) atoms. The lowest BCUT2D eigenvalue weighted by Crippen LogP contribution is -2.14. The van der Waals surface area contributed by atoms with Crippen LogP contribution in [0.4, 0.5) is 5.69 Å². The molecule has 0 saturated heterocycles. The Morgan fingerprint density at radius 2 is 2.07 bits per heavy atom. The number of halogens is 2. The molecular weight excluding hydrogens is 253 g/mol. The largest absolute Gasteiger partial charge is 0.389 e. The van der Waals surface area contributed by atoms with Crippen molar-refractivity contribution in [3.05, 3.63) is 28.8 Å². The summed E-state index contributed by atoms with van der Waals surface area (Å²) in [6.07, 6.45) is 0. The Hall–Kier alpha value is -0.840. The van der Waals surface area contributed by atoms with Gasteiger partial charge in [-0.05, 0) is 18.2 Å². The summed E-state index contributed by atoms with van der Waals surface area (Å²) in [6.45, 7) is 0. The van der Waals surface area contributed by atoms with Gasteiger partial charge in [-0.2, -0.15) is 0 Å². The molecule has 1 rings (SSSR count). The van der Waals surface area contributed by atoms with Crippen molar-refractivity contribution in [3.8, 4) is 0 Å². The molecule has 1 aromatic carbocycles. The van der Waals surface area contributed by atoms with Gasteiger partial charge in [0, 0.05) is 10.6 Å². The van der Waals surface area contributed by atoms with Crippen molar-refractivity contribution in [2.75, 3.05) is 5.88 Å². The van der Waals surface area contributed by atoms with Crippen LogP contribution in [0.5, 0.6) is 0 Å². The monoisotopic (exact) mass is 261 g/mol. The van der Waals surface area contributed by atoms with Crippen LogP contribution in [0.3, 0.4) is 0 Å². The summed E-state index contributed by atoms with van der Waals surface area (Å²) in [5.74, 6) is 0.431. The minimum atomic E-state index is 0.142. The van der Waals surface area contributed by atoms with Crippen LogP contribution < -0.4 is 11.5 Å². The zero-order chi connectivity index (χ0) is 11.4. The smallest absolute Gasteiger partial charge is 0.115 e. The van der Waals surface area contributed by atoms with Crippen molar-refractivity contribution in [1.29, 1.82) is 0 Å². The Kier molecular flexibility index (Phi) is 4.32. The first-order valence-corrected chi connectivity index (χ1v) is 5.35. The van der Waals surface area contributed by atoms with Gasteiger partial charge >= 0.3 is 0 Å². The lowest BCUT2D eigenvalue weighted by Gasteiger charge is -2.04. The molecule has 0 aliphatic carbocycles. The summed E-state index contributed by atoms with van der Waals surface area (Å²) in [5, 5.41) is 0.538. The molecule has 0 atom stereocenters. The van der Waals surface area contributed by atoms with Crippen LogP contribution in [-0.4, -0.2) is 16.7 Å². The number of hydrogen-bond acceptors (Lipinski definition) is 2. The van der Waals surface area contributed by atoms with E-state index in [9.17, 15) is 0 Å². The first-order chi connectivity index (χ1) is 7.04. The van der Waals surface area contributed by atoms with Crippen LogP contribution in [0, 0.1) is 0 Å². The molecule has 0 aliphatic rings. The van der Waals surface area contributed by atoms with Crippen LogP contribution in [0.2, 0.25) is 5.02 Å². The number of alkyl halides is 1. The maximum absolute atomic E-state index is 5.82. The van der Waals surface area contributed by atoms with E-state index < -0.39 is 0 Å². The molecule has 1 aromatic rings. The van der Waals surface area contributed by atoms with Crippen molar-refractivity contribution in [2.24, 2.45) is 16.5 Å². The second-order valence-corrected chi connectivity index (χ2v) is 3.91. The summed E-state index contributed by atoms with van der Waals surface area (Å²) >= 11 is 16.2. The average molecular weight is 262 g/mol. The highest BCUT2D eigenvalue weighted by atomic mass is 35.5. The molecule has 0 saturated carbocycles. The van der Waals surface area contributed by atoms with Crippen molar-refractivity contribution in [1.82, 2.24) is 0 Å². The van der Waals surface area contributed by atoms with E-state index in [1.807, 2.05) is 0 Å². The summed E-state index contributed by atoms with van der Waals surface area (Å²) in [6, 6.07) is 5.02. The Balaban J connectivity index is 3.25. The zero-order valence-corrected chi connectivity index (χ0v) is 10.0. The number of amidine groups is 1. The van der Waals surface area contributed by atoms with Gasteiger partial charge in [-0.3, -0.25) is 0 Å². The molecule has 3 nitrogen and oxygen atoms in total. The van der Waals surface area contributed by atoms with E-state index in [-0.39, 0.29) is 16.7 Å². The normalized spacial score (nSPS) is 11.5. The first kappa shape index (κ1) is 12.2. The molecule has 0 aromatic heterocycles. The quantitative estimate of drug-likeness (QED) is 0.380. The average Bonchev–Trinajstić information content (AvgIpc) is 2.17. The van der Waals surface area contributed by atoms with Crippen LogP contribution in [0.15, 0.2) is 23.2 Å². The molecule has 0 spiro atoms. The zero-order valence-electron chi connectivity index (χ0n) is 7.71. The molecule has 0 unspecified atom stereocenters. The van der Waals surface area contributed by atoms with Crippen molar-refractivity contribution in [2.45, 2.75) is 0 Å². The second kappa shape index (κ2) is 5.30. The molecule has 0 heterocycles. The van der Waals surface area contributed by atoms with Gasteiger partial charge in [0.25, 0.3) is 0 Å². The fourth-order valence-corrected chi connectivity index (χ4v) is 1.39.